The van der Waals surface area contributed by atoms with Gasteiger partial charge in [-0.3, -0.25) is 0 Å². The van der Waals surface area contributed by atoms with Crippen LogP contribution in [0.4, 0.5) is 4.79 Å². The molecule has 0 unspecified atom stereocenters. The zero-order chi connectivity index (χ0) is 21.6. The van der Waals surface area contributed by atoms with Gasteiger partial charge in [0.25, 0.3) is 0 Å². The van der Waals surface area contributed by atoms with Gasteiger partial charge in [0, 0.05) is 6.54 Å². The van der Waals surface area contributed by atoms with Gasteiger partial charge in [0.05, 0.1) is 18.1 Å². The fourth-order valence-corrected chi connectivity index (χ4v) is 4.46. The van der Waals surface area contributed by atoms with Crippen LogP contribution < -0.4 is 10.1 Å². The third kappa shape index (κ3) is 4.90. The number of amides is 1. The number of aryl methyl sites for hydroxylation is 1. The Morgan fingerprint density at radius 2 is 1.87 bits per heavy atom. The molecule has 164 valence electrons. The highest BCUT2D eigenvalue weighted by molar-refractivity contribution is 5.92. The molecule has 0 radical (unpaired) electrons. The molecule has 0 bridgehead atoms. The molecule has 0 atom stereocenters. The summed E-state index contributed by atoms with van der Waals surface area (Å²) < 4.78 is 7.05. The summed E-state index contributed by atoms with van der Waals surface area (Å²) in [6, 6.07) is 16.7. The molecule has 4 rings (SSSR count). The molecule has 3 aromatic rings. The molecule has 1 aromatic heterocycles. The van der Waals surface area contributed by atoms with Crippen LogP contribution in [-0.4, -0.2) is 54.3 Å². The highest BCUT2D eigenvalue weighted by atomic mass is 16.5. The van der Waals surface area contributed by atoms with E-state index in [9.17, 15) is 4.79 Å². The molecule has 1 aliphatic rings. The molecule has 31 heavy (non-hydrogen) atoms. The van der Waals surface area contributed by atoms with Crippen molar-refractivity contribution in [1.29, 1.82) is 0 Å². The topological polar surface area (TPSA) is 59.4 Å². The number of hydrogen-bond acceptors (Lipinski definition) is 4. The lowest BCUT2D eigenvalue weighted by Crippen LogP contribution is -2.30. The number of nitrogens with zero attached hydrogens (tertiary/aromatic N) is 3. The lowest BCUT2D eigenvalue weighted by atomic mass is 9.89. The number of piperidine rings is 1. The second-order valence-electron chi connectivity index (χ2n) is 8.40. The van der Waals surface area contributed by atoms with E-state index in [4.69, 9.17) is 9.72 Å². The van der Waals surface area contributed by atoms with Gasteiger partial charge in [0.15, 0.2) is 0 Å². The summed E-state index contributed by atoms with van der Waals surface area (Å²) in [5.41, 5.74) is 4.25. The number of methoxy groups -OCH3 is 1. The summed E-state index contributed by atoms with van der Waals surface area (Å²) in [6.07, 6.45) is 5.20. The normalized spacial score (nSPS) is 15.3. The van der Waals surface area contributed by atoms with E-state index in [0.717, 1.165) is 56.2 Å². The Bertz CT molecular complexity index is 1010. The number of carbonyl (C=O) groups excluding carboxylic acids is 1. The molecular weight excluding hydrogens is 388 g/mol. The molecule has 1 fully saturated rings. The number of unbranched alkanes of at least 4 members (excludes halogenated alkanes) is 1. The molecule has 1 amide bonds. The van der Waals surface area contributed by atoms with Crippen LogP contribution in [0, 0.1) is 0 Å². The van der Waals surface area contributed by atoms with Crippen molar-refractivity contribution in [1.82, 2.24) is 19.8 Å². The van der Waals surface area contributed by atoms with Gasteiger partial charge in [0.2, 0.25) is 0 Å². The van der Waals surface area contributed by atoms with Gasteiger partial charge < -0.3 is 15.0 Å². The van der Waals surface area contributed by atoms with E-state index in [0.29, 0.717) is 18.5 Å². The first-order valence-corrected chi connectivity index (χ1v) is 11.2. The zero-order valence-electron chi connectivity index (χ0n) is 18.5. The lowest BCUT2D eigenvalue weighted by molar-refractivity contribution is 0.239. The number of likely N-dealkylation sites (tertiary alicyclic amines) is 1. The van der Waals surface area contributed by atoms with Crippen molar-refractivity contribution in [3.05, 3.63) is 59.7 Å². The van der Waals surface area contributed by atoms with Crippen molar-refractivity contribution in [2.75, 3.05) is 33.8 Å². The maximum absolute atomic E-state index is 13.0. The van der Waals surface area contributed by atoms with Gasteiger partial charge in [-0.25, -0.2) is 9.36 Å². The summed E-state index contributed by atoms with van der Waals surface area (Å²) in [5, 5.41) is 3.04. The van der Waals surface area contributed by atoms with E-state index in [2.05, 4.69) is 47.6 Å². The van der Waals surface area contributed by atoms with Crippen LogP contribution in [0.5, 0.6) is 6.01 Å². The first kappa shape index (κ1) is 21.4. The number of benzene rings is 2. The number of carbonyl (C=O) groups is 1. The highest BCUT2D eigenvalue weighted by Gasteiger charge is 2.24. The fraction of sp³-hybridized carbons (Fsp3) is 0.440. The number of imidazole rings is 1. The second-order valence-corrected chi connectivity index (χ2v) is 8.40. The molecule has 6 nitrogen and oxygen atoms in total. The maximum atomic E-state index is 13.0. The molecule has 0 spiro atoms. The van der Waals surface area contributed by atoms with Gasteiger partial charge in [-0.2, -0.15) is 4.98 Å². The molecule has 1 N–H and O–H groups in total. The summed E-state index contributed by atoms with van der Waals surface area (Å²) in [4.78, 5) is 20.0. The molecular formula is C25H32N4O2. The number of para-hydroxylation sites is 1. The van der Waals surface area contributed by atoms with E-state index in [1.807, 2.05) is 18.2 Å². The lowest BCUT2D eigenvalue weighted by Gasteiger charge is -2.29. The van der Waals surface area contributed by atoms with Crippen LogP contribution in [0.1, 0.15) is 42.7 Å². The van der Waals surface area contributed by atoms with Crippen LogP contribution >= 0.6 is 0 Å². The maximum Gasteiger partial charge on any atom is 0.330 e. The number of hydrogen-bond donors (Lipinski definition) is 1. The number of rotatable bonds is 7. The van der Waals surface area contributed by atoms with Crippen LogP contribution in [0.25, 0.3) is 11.0 Å². The Morgan fingerprint density at radius 3 is 2.61 bits per heavy atom. The van der Waals surface area contributed by atoms with Crippen molar-refractivity contribution >= 4 is 17.1 Å². The molecule has 2 heterocycles. The Kier molecular flexibility index (Phi) is 6.87. The number of fused-ring (bicyclic) bond motifs is 1. The van der Waals surface area contributed by atoms with E-state index in [-0.39, 0.29) is 6.03 Å². The van der Waals surface area contributed by atoms with Gasteiger partial charge in [-0.1, -0.05) is 42.5 Å². The Morgan fingerprint density at radius 1 is 1.10 bits per heavy atom. The number of nitrogens with one attached hydrogen (secondary N) is 1. The molecule has 1 saturated heterocycles. The zero-order valence-corrected chi connectivity index (χ0v) is 18.5. The number of ether oxygens (including phenoxy) is 1. The Hall–Kier alpha value is -2.86. The average Bonchev–Trinajstić information content (AvgIpc) is 3.19. The van der Waals surface area contributed by atoms with Gasteiger partial charge in [-0.05, 0) is 75.4 Å². The molecule has 0 aliphatic carbocycles. The molecule has 1 aliphatic heterocycles. The number of aromatic nitrogens is 2. The average molecular weight is 421 g/mol. The van der Waals surface area contributed by atoms with Crippen molar-refractivity contribution in [3.63, 3.8) is 0 Å². The summed E-state index contributed by atoms with van der Waals surface area (Å²) >= 11 is 0. The van der Waals surface area contributed by atoms with E-state index in [1.54, 1.807) is 11.7 Å². The van der Waals surface area contributed by atoms with Crippen molar-refractivity contribution < 1.29 is 9.53 Å². The van der Waals surface area contributed by atoms with Crippen LogP contribution in [0.3, 0.4) is 0 Å². The van der Waals surface area contributed by atoms with Crippen molar-refractivity contribution in [3.8, 4) is 6.01 Å². The minimum Gasteiger partial charge on any atom is -0.468 e. The fourth-order valence-electron chi connectivity index (χ4n) is 4.46. The van der Waals surface area contributed by atoms with Gasteiger partial charge >= 0.3 is 12.0 Å². The SMILES string of the molecule is COc1nc2c(C3CCN(C)CC3)cccc2n1C(=O)NCCCCc1ccccc1. The van der Waals surface area contributed by atoms with Crippen molar-refractivity contribution in [2.45, 2.75) is 38.0 Å². The quantitative estimate of drug-likeness (QED) is 0.574. The monoisotopic (exact) mass is 420 g/mol. The van der Waals surface area contributed by atoms with Crippen molar-refractivity contribution in [2.24, 2.45) is 0 Å². The first-order valence-electron chi connectivity index (χ1n) is 11.2. The van der Waals surface area contributed by atoms with Gasteiger partial charge in [-0.15, -0.1) is 0 Å². The largest absolute Gasteiger partial charge is 0.468 e. The molecule has 2 aromatic carbocycles. The second kappa shape index (κ2) is 9.96. The van der Waals surface area contributed by atoms with E-state index in [1.165, 1.54) is 11.1 Å². The highest BCUT2D eigenvalue weighted by Crippen LogP contribution is 2.34. The van der Waals surface area contributed by atoms with Crippen LogP contribution in [0.2, 0.25) is 0 Å². The third-order valence-electron chi connectivity index (χ3n) is 6.24. The summed E-state index contributed by atoms with van der Waals surface area (Å²) in [6.45, 7) is 2.80. The smallest absolute Gasteiger partial charge is 0.330 e. The molecule has 0 saturated carbocycles. The summed E-state index contributed by atoms with van der Waals surface area (Å²) in [5.74, 6) is 0.467. The molecule has 6 heteroatoms. The van der Waals surface area contributed by atoms with E-state index >= 15 is 0 Å². The third-order valence-corrected chi connectivity index (χ3v) is 6.24. The Labute approximate surface area is 184 Å². The minimum absolute atomic E-state index is 0.181. The first-order chi connectivity index (χ1) is 15.2. The van der Waals surface area contributed by atoms with Gasteiger partial charge in [0.1, 0.15) is 0 Å². The van der Waals surface area contributed by atoms with Crippen LogP contribution in [0.15, 0.2) is 48.5 Å². The van der Waals surface area contributed by atoms with E-state index < -0.39 is 0 Å². The Balaban J connectivity index is 1.44. The summed E-state index contributed by atoms with van der Waals surface area (Å²) in [7, 11) is 3.73. The predicted octanol–water partition coefficient (Wildman–Crippen LogP) is 4.43. The minimum atomic E-state index is -0.181. The van der Waals surface area contributed by atoms with Crippen LogP contribution in [-0.2, 0) is 6.42 Å². The predicted molar refractivity (Wildman–Crippen MR) is 124 cm³/mol. The standard InChI is InChI=1S/C25H32N4O2/c1-28-17-14-20(15-18-28)21-12-8-13-22-23(21)27-25(31-2)29(22)24(30)26-16-7-6-11-19-9-4-3-5-10-19/h3-5,8-10,12-13,20H,6-7,11,14-18H2,1-2H3,(H,26,30).